The van der Waals surface area contributed by atoms with Crippen LogP contribution >= 0.6 is 21.6 Å². The highest BCUT2D eigenvalue weighted by Gasteiger charge is 2.52. The number of methoxy groups -OCH3 is 2. The van der Waals surface area contributed by atoms with Crippen LogP contribution in [0.4, 0.5) is 0 Å². The molecule has 1 spiro atoms. The SMILES string of the molecule is COc1cc(CC2C(O)CSSC(CCO)c3cc(O)c(OC4CCC5CNCC6C#CC7(CC(C)CCC7CCC(O)C7CNC(=O)C7C#CC6)C5C4)cc3CCC(OCO)CC2O)cc(OC)c1O. The normalized spacial score (nSPS) is 35.7. The van der Waals surface area contributed by atoms with Crippen molar-refractivity contribution in [3.05, 3.63) is 41.0 Å². The third-order valence-corrected chi connectivity index (χ3v) is 19.5. The summed E-state index contributed by atoms with van der Waals surface area (Å²) in [5.41, 5.74) is 2.12. The van der Waals surface area contributed by atoms with E-state index in [9.17, 15) is 40.5 Å². The number of ether oxygens (including phenoxy) is 4. The zero-order valence-corrected chi connectivity index (χ0v) is 43.2. The first-order valence-corrected chi connectivity index (χ1v) is 28.3. The number of aromatic hydroxyl groups is 2. The van der Waals surface area contributed by atoms with Crippen molar-refractivity contribution in [3.8, 4) is 52.4 Å². The molecule has 2 saturated carbocycles. The molecule has 3 fully saturated rings. The molecule has 2 bridgehead atoms. The molecule has 1 amide bonds. The molecule has 15 atom stereocenters. The standard InChI is InChI=1S/C55H76N2O12S2/c1-32-7-10-37-11-14-45(60)43-29-57-54(65)40(43)6-4-5-33-15-17-55(37,26-32)44-23-39(13-9-36(44)28-56-27-33)69-49-22-35-8-12-38(68-31-59)24-46(61)42(19-34-20-50(66-2)53(64)51(21-34)67-3)48(63)30-70-71-52(16-18-58)41(35)25-47(49)62/h20-22,25,32-33,36-40,42-46,48,52,56,58-64H,5,7-14,16,18-19,23-24,26-31H2,1-3H3,(H,57,65). The number of rotatable bonds is 10. The van der Waals surface area contributed by atoms with E-state index in [4.69, 9.17) is 18.9 Å². The third-order valence-electron chi connectivity index (χ3n) is 16.7. The van der Waals surface area contributed by atoms with Crippen molar-refractivity contribution in [2.24, 2.45) is 52.8 Å². The van der Waals surface area contributed by atoms with Gasteiger partial charge in [0.1, 0.15) is 12.7 Å². The Balaban J connectivity index is 1.07. The van der Waals surface area contributed by atoms with Gasteiger partial charge in [0.25, 0.3) is 0 Å². The van der Waals surface area contributed by atoms with Gasteiger partial charge in [0.2, 0.25) is 11.7 Å². The number of aryl methyl sites for hydroxylation is 1. The van der Waals surface area contributed by atoms with E-state index in [-0.39, 0.29) is 94.5 Å². The first kappa shape index (κ1) is 53.7. The average molecular weight is 1020 g/mol. The highest BCUT2D eigenvalue weighted by atomic mass is 33.1. The number of hydrogen-bond donors (Lipinski definition) is 9. The molecule has 2 aromatic carbocycles. The molecule has 15 unspecified atom stereocenters. The van der Waals surface area contributed by atoms with Gasteiger partial charge in [0.05, 0.1) is 44.7 Å². The molecule has 0 radical (unpaired) electrons. The zero-order valence-electron chi connectivity index (χ0n) is 41.5. The summed E-state index contributed by atoms with van der Waals surface area (Å²) in [6.07, 6.45) is 5.68. The summed E-state index contributed by atoms with van der Waals surface area (Å²) in [6, 6.07) is 7.02. The van der Waals surface area contributed by atoms with Crippen molar-refractivity contribution in [1.82, 2.24) is 10.6 Å². The first-order chi connectivity index (χ1) is 34.3. The minimum absolute atomic E-state index is 0.00780. The Morgan fingerprint density at radius 1 is 0.845 bits per heavy atom. The summed E-state index contributed by atoms with van der Waals surface area (Å²) in [4.78, 5) is 12.9. The van der Waals surface area contributed by atoms with Gasteiger partial charge in [-0.25, -0.2) is 0 Å². The molecule has 1 saturated heterocycles. The van der Waals surface area contributed by atoms with E-state index in [0.29, 0.717) is 61.8 Å². The number of aliphatic hydroxyl groups excluding tert-OH is 5. The van der Waals surface area contributed by atoms with Crippen molar-refractivity contribution >= 4 is 27.5 Å². The molecule has 71 heavy (non-hydrogen) atoms. The van der Waals surface area contributed by atoms with Crippen molar-refractivity contribution in [1.29, 1.82) is 0 Å². The minimum Gasteiger partial charge on any atom is -0.504 e. The van der Waals surface area contributed by atoms with Crippen LogP contribution < -0.4 is 24.8 Å². The Morgan fingerprint density at radius 2 is 1.63 bits per heavy atom. The van der Waals surface area contributed by atoms with E-state index in [0.717, 1.165) is 69.2 Å². The largest absolute Gasteiger partial charge is 0.504 e. The van der Waals surface area contributed by atoms with E-state index in [1.54, 1.807) is 18.2 Å². The monoisotopic (exact) mass is 1020 g/mol. The number of carbonyl (C=O) groups excluding carboxylic acids is 1. The fraction of sp³-hybridized carbons (Fsp3) is 0.691. The Labute approximate surface area is 427 Å². The molecule has 9 N–H and O–H groups in total. The van der Waals surface area contributed by atoms with Gasteiger partial charge in [-0.2, -0.15) is 0 Å². The second kappa shape index (κ2) is 24.7. The lowest BCUT2D eigenvalue weighted by Crippen LogP contribution is -2.50. The summed E-state index contributed by atoms with van der Waals surface area (Å²) in [6.45, 7) is 3.69. The Hall–Kier alpha value is -3.55. The number of benzene rings is 2. The summed E-state index contributed by atoms with van der Waals surface area (Å²) in [7, 11) is 5.83. The molecule has 8 rings (SSSR count). The van der Waals surface area contributed by atoms with E-state index in [2.05, 4.69) is 41.2 Å². The lowest BCUT2D eigenvalue weighted by Gasteiger charge is -2.53. The number of fused-ring (bicyclic) bond motifs is 4. The quantitative estimate of drug-likeness (QED) is 0.0770. The van der Waals surface area contributed by atoms with Gasteiger partial charge >= 0.3 is 0 Å². The highest BCUT2D eigenvalue weighted by Crippen LogP contribution is 2.57. The van der Waals surface area contributed by atoms with Crippen LogP contribution in [0.5, 0.6) is 28.7 Å². The maximum Gasteiger partial charge on any atom is 0.235 e. The fourth-order valence-electron chi connectivity index (χ4n) is 12.9. The van der Waals surface area contributed by atoms with Crippen molar-refractivity contribution < 1.29 is 59.5 Å². The van der Waals surface area contributed by atoms with Gasteiger partial charge in [-0.3, -0.25) is 4.79 Å². The second-order valence-corrected chi connectivity index (χ2v) is 23.8. The van der Waals surface area contributed by atoms with Crippen molar-refractivity contribution in [2.45, 2.75) is 133 Å². The number of nitrogens with one attached hydrogen (secondary N) is 2. The Kier molecular flexibility index (Phi) is 18.7. The van der Waals surface area contributed by atoms with Gasteiger partial charge in [0, 0.05) is 60.3 Å². The number of carbonyl (C=O) groups is 1. The molecule has 2 aromatic rings. The predicted octanol–water partition coefficient (Wildman–Crippen LogP) is 5.89. The van der Waals surface area contributed by atoms with Crippen LogP contribution in [0, 0.1) is 76.4 Å². The predicted molar refractivity (Wildman–Crippen MR) is 274 cm³/mol. The van der Waals surface area contributed by atoms with Crippen molar-refractivity contribution in [2.75, 3.05) is 53.0 Å². The van der Waals surface area contributed by atoms with Crippen molar-refractivity contribution in [3.63, 3.8) is 0 Å². The van der Waals surface area contributed by atoms with Crippen LogP contribution in [0.25, 0.3) is 0 Å². The second-order valence-electron chi connectivity index (χ2n) is 21.2. The van der Waals surface area contributed by atoms with Gasteiger partial charge in [0.15, 0.2) is 23.0 Å². The van der Waals surface area contributed by atoms with Crippen LogP contribution in [-0.4, -0.2) is 125 Å². The van der Waals surface area contributed by atoms with Crippen LogP contribution in [0.15, 0.2) is 24.3 Å². The molecule has 16 heteroatoms. The van der Waals surface area contributed by atoms with E-state index in [1.165, 1.54) is 35.8 Å². The molecular weight excluding hydrogens is 945 g/mol. The Morgan fingerprint density at radius 3 is 2.39 bits per heavy atom. The molecule has 390 valence electrons. The molecule has 3 heterocycles. The molecule has 3 aliphatic carbocycles. The molecule has 6 aliphatic rings. The minimum atomic E-state index is -1.04. The zero-order chi connectivity index (χ0) is 50.2. The number of hydrogen-bond acceptors (Lipinski definition) is 15. The fourth-order valence-corrected chi connectivity index (χ4v) is 15.8. The van der Waals surface area contributed by atoms with Gasteiger partial charge in [-0.1, -0.05) is 52.7 Å². The number of amides is 1. The molecule has 3 aliphatic heterocycles. The molecule has 0 aromatic heterocycles. The third kappa shape index (κ3) is 12.5. The topological polar surface area (TPSA) is 220 Å². The lowest BCUT2D eigenvalue weighted by atomic mass is 9.51. The van der Waals surface area contributed by atoms with Gasteiger partial charge in [-0.05, 0) is 148 Å². The summed E-state index contributed by atoms with van der Waals surface area (Å²) in [5, 5.41) is 84.7. The lowest BCUT2D eigenvalue weighted by molar-refractivity contribution is -0.121. The maximum absolute atomic E-state index is 12.9. The van der Waals surface area contributed by atoms with E-state index in [1.807, 2.05) is 6.07 Å². The summed E-state index contributed by atoms with van der Waals surface area (Å²) in [5.74, 6) is 15.1. The van der Waals surface area contributed by atoms with Crippen LogP contribution in [-0.2, 0) is 22.4 Å². The maximum atomic E-state index is 12.9. The first-order valence-electron chi connectivity index (χ1n) is 26.0. The van der Waals surface area contributed by atoms with Gasteiger partial charge in [-0.15, -0.1) is 5.92 Å². The number of aliphatic hydroxyl groups is 5. The van der Waals surface area contributed by atoms with E-state index < -0.39 is 43.0 Å². The summed E-state index contributed by atoms with van der Waals surface area (Å²) < 4.78 is 23.6. The molecule has 14 nitrogen and oxygen atoms in total. The van der Waals surface area contributed by atoms with Crippen LogP contribution in [0.2, 0.25) is 0 Å². The number of phenols is 2. The summed E-state index contributed by atoms with van der Waals surface area (Å²) >= 11 is 0. The number of phenolic OH excluding ortho intramolecular Hbond substituents is 2. The van der Waals surface area contributed by atoms with Crippen LogP contribution in [0.3, 0.4) is 0 Å². The van der Waals surface area contributed by atoms with E-state index >= 15 is 0 Å². The highest BCUT2D eigenvalue weighted by molar-refractivity contribution is 8.76. The Bertz CT molecular complexity index is 2240. The smallest absolute Gasteiger partial charge is 0.235 e. The average Bonchev–Trinajstić information content (AvgIpc) is 3.75. The molecular formula is C55H76N2O12S2. The van der Waals surface area contributed by atoms with Gasteiger partial charge < -0.3 is 65.3 Å². The van der Waals surface area contributed by atoms with Crippen LogP contribution in [0.1, 0.15) is 106 Å².